The molecular formula is C27H24O11. The summed E-state index contributed by atoms with van der Waals surface area (Å²) in [5.74, 6) is -3.11. The molecule has 0 amide bonds. The smallest absolute Gasteiger partial charge is 0.302 e. The van der Waals surface area contributed by atoms with Gasteiger partial charge in [-0.1, -0.05) is 6.07 Å². The molecule has 11 nitrogen and oxygen atoms in total. The van der Waals surface area contributed by atoms with E-state index in [2.05, 4.69) is 0 Å². The molecule has 0 bridgehead atoms. The molecule has 5 rings (SSSR count). The molecule has 0 aromatic heterocycles. The second-order valence-corrected chi connectivity index (χ2v) is 9.02. The Morgan fingerprint density at radius 1 is 0.921 bits per heavy atom. The number of rotatable bonds is 5. The number of ketones is 1. The molecule has 198 valence electrons. The van der Waals surface area contributed by atoms with Gasteiger partial charge in [0.25, 0.3) is 0 Å². The Balaban J connectivity index is 1.57. The third kappa shape index (κ3) is 4.16. The van der Waals surface area contributed by atoms with E-state index in [1.54, 1.807) is 18.2 Å². The highest BCUT2D eigenvalue weighted by molar-refractivity contribution is 6.05. The Morgan fingerprint density at radius 2 is 1.68 bits per heavy atom. The summed E-state index contributed by atoms with van der Waals surface area (Å²) in [7, 11) is 1.39. The van der Waals surface area contributed by atoms with Crippen molar-refractivity contribution in [1.29, 1.82) is 0 Å². The molecule has 0 spiro atoms. The predicted molar refractivity (Wildman–Crippen MR) is 129 cm³/mol. The van der Waals surface area contributed by atoms with Crippen molar-refractivity contribution in [3.05, 3.63) is 64.7 Å². The minimum absolute atomic E-state index is 0.0844. The first-order valence-electron chi connectivity index (χ1n) is 11.6. The van der Waals surface area contributed by atoms with Crippen LogP contribution in [0.1, 0.15) is 52.1 Å². The summed E-state index contributed by atoms with van der Waals surface area (Å²) in [6.07, 6.45) is -3.79. The fraction of sp³-hybridized carbons (Fsp3) is 0.259. The molecular weight excluding hydrogens is 500 g/mol. The largest absolute Gasteiger partial charge is 0.508 e. The minimum Gasteiger partial charge on any atom is -0.508 e. The van der Waals surface area contributed by atoms with Crippen molar-refractivity contribution < 1.29 is 54.1 Å². The number of phenols is 4. The molecule has 3 aromatic rings. The molecule has 0 saturated heterocycles. The number of carbonyl (C=O) groups is 2. The second kappa shape index (κ2) is 9.34. The third-order valence-corrected chi connectivity index (χ3v) is 6.58. The van der Waals surface area contributed by atoms with Gasteiger partial charge in [-0.25, -0.2) is 0 Å². The van der Waals surface area contributed by atoms with Crippen molar-refractivity contribution in [3.63, 3.8) is 0 Å². The Kier molecular flexibility index (Phi) is 6.15. The molecule has 5 N–H and O–H groups in total. The van der Waals surface area contributed by atoms with Gasteiger partial charge >= 0.3 is 5.97 Å². The molecule has 0 aliphatic carbocycles. The number of aliphatic hydroxyl groups is 1. The van der Waals surface area contributed by atoms with Crippen LogP contribution in [-0.2, 0) is 9.53 Å². The number of esters is 1. The van der Waals surface area contributed by atoms with Crippen molar-refractivity contribution in [1.82, 2.24) is 0 Å². The third-order valence-electron chi connectivity index (χ3n) is 6.58. The number of benzene rings is 3. The van der Waals surface area contributed by atoms with E-state index < -0.39 is 41.7 Å². The first-order chi connectivity index (χ1) is 18.1. The van der Waals surface area contributed by atoms with Gasteiger partial charge in [-0.2, -0.15) is 0 Å². The number of carbonyl (C=O) groups excluding carboxylic acids is 2. The first kappa shape index (κ1) is 25.0. The first-order valence-corrected chi connectivity index (χ1v) is 11.6. The molecule has 11 heteroatoms. The molecule has 38 heavy (non-hydrogen) atoms. The molecule has 0 fully saturated rings. The molecule has 0 saturated carbocycles. The average Bonchev–Trinajstić information content (AvgIpc) is 3.23. The lowest BCUT2D eigenvalue weighted by Crippen LogP contribution is -2.36. The zero-order valence-electron chi connectivity index (χ0n) is 20.2. The van der Waals surface area contributed by atoms with Crippen LogP contribution in [0.3, 0.4) is 0 Å². The molecule has 2 heterocycles. The summed E-state index contributed by atoms with van der Waals surface area (Å²) in [6.45, 7) is 1.12. The van der Waals surface area contributed by atoms with Crippen molar-refractivity contribution in [2.75, 3.05) is 13.7 Å². The van der Waals surface area contributed by atoms with Gasteiger partial charge in [0.2, 0.25) is 5.78 Å². The van der Waals surface area contributed by atoms with Crippen molar-refractivity contribution >= 4 is 11.8 Å². The quantitative estimate of drug-likeness (QED) is 0.311. The Hall–Kier alpha value is -4.64. The maximum absolute atomic E-state index is 12.9. The second-order valence-electron chi connectivity index (χ2n) is 9.02. The highest BCUT2D eigenvalue weighted by Crippen LogP contribution is 2.53. The topological polar surface area (TPSA) is 172 Å². The number of hydrogen-bond donors (Lipinski definition) is 5. The van der Waals surface area contributed by atoms with Crippen molar-refractivity contribution in [2.45, 2.75) is 31.2 Å². The number of ether oxygens (including phenoxy) is 4. The molecule has 3 aromatic carbocycles. The summed E-state index contributed by atoms with van der Waals surface area (Å²) in [5, 5.41) is 51.6. The number of fused-ring (bicyclic) bond motifs is 2. The fourth-order valence-corrected chi connectivity index (χ4v) is 4.82. The molecule has 4 atom stereocenters. The molecule has 2 aliphatic rings. The maximum Gasteiger partial charge on any atom is 0.302 e. The maximum atomic E-state index is 12.9. The average molecular weight is 524 g/mol. The lowest BCUT2D eigenvalue weighted by molar-refractivity contribution is -0.141. The lowest BCUT2D eigenvalue weighted by atomic mass is 9.87. The van der Waals surface area contributed by atoms with Crippen LogP contribution in [0.4, 0.5) is 0 Å². The van der Waals surface area contributed by atoms with E-state index in [-0.39, 0.29) is 52.2 Å². The monoisotopic (exact) mass is 524 g/mol. The molecule has 2 aliphatic heterocycles. The van der Waals surface area contributed by atoms with E-state index in [4.69, 9.17) is 18.9 Å². The van der Waals surface area contributed by atoms with Gasteiger partial charge in [-0.15, -0.1) is 0 Å². The van der Waals surface area contributed by atoms with E-state index in [0.29, 0.717) is 11.1 Å². The normalized spacial score (nSPS) is 21.6. The Labute approximate surface area is 216 Å². The Morgan fingerprint density at radius 3 is 2.39 bits per heavy atom. The molecule has 4 unspecified atom stereocenters. The number of aliphatic hydroxyl groups excluding tert-OH is 1. The highest BCUT2D eigenvalue weighted by Gasteiger charge is 2.43. The Bertz CT molecular complexity index is 1450. The van der Waals surface area contributed by atoms with E-state index in [1.165, 1.54) is 26.2 Å². The van der Waals surface area contributed by atoms with E-state index >= 15 is 0 Å². The van der Waals surface area contributed by atoms with Crippen LogP contribution in [0.5, 0.6) is 40.2 Å². The highest BCUT2D eigenvalue weighted by atomic mass is 16.5. The summed E-state index contributed by atoms with van der Waals surface area (Å²) in [5.41, 5.74) is 0.925. The van der Waals surface area contributed by atoms with E-state index in [1.807, 2.05) is 0 Å². The number of phenolic OH excluding ortho intramolecular Hbond substituents is 4. The zero-order chi connectivity index (χ0) is 27.3. The van der Waals surface area contributed by atoms with Gasteiger partial charge in [-0.05, 0) is 35.4 Å². The number of Topliss-reactive ketones (excluding diaryl/α,β-unsaturated/α-hetero) is 1. The van der Waals surface area contributed by atoms with Gasteiger partial charge in [0.15, 0.2) is 35.2 Å². The molecule has 0 radical (unpaired) electrons. The van der Waals surface area contributed by atoms with Crippen LogP contribution in [0.25, 0.3) is 0 Å². The van der Waals surface area contributed by atoms with E-state index in [9.17, 15) is 35.1 Å². The minimum atomic E-state index is -1.73. The summed E-state index contributed by atoms with van der Waals surface area (Å²) >= 11 is 0. The summed E-state index contributed by atoms with van der Waals surface area (Å²) < 4.78 is 22.3. The van der Waals surface area contributed by atoms with Crippen LogP contribution in [0, 0.1) is 0 Å². The number of hydrogen-bond acceptors (Lipinski definition) is 11. The van der Waals surface area contributed by atoms with Gasteiger partial charge in [0, 0.05) is 24.6 Å². The number of aromatic hydroxyl groups is 4. The SMILES string of the molecule is COc1cc(C2Oc3c(O)cc(C4Oc5cc(O)cc(O)c5C(=O)C4O)cc3C2COC(C)=O)ccc1O. The van der Waals surface area contributed by atoms with Gasteiger partial charge in [0.05, 0.1) is 13.0 Å². The van der Waals surface area contributed by atoms with Crippen molar-refractivity contribution in [3.8, 4) is 40.2 Å². The van der Waals surface area contributed by atoms with Crippen LogP contribution in [0.15, 0.2) is 42.5 Å². The van der Waals surface area contributed by atoms with Crippen LogP contribution >= 0.6 is 0 Å². The summed E-state index contributed by atoms with van der Waals surface area (Å²) in [6, 6.07) is 9.54. The fourth-order valence-electron chi connectivity index (χ4n) is 4.82. The number of methoxy groups -OCH3 is 1. The summed E-state index contributed by atoms with van der Waals surface area (Å²) in [4.78, 5) is 24.5. The predicted octanol–water partition coefficient (Wildman–Crippen LogP) is 2.98. The standard InChI is InChI=1S/C27H24O11/c1-11(28)36-10-16-15-5-13(26-24(34)23(33)22-18(31)8-14(29)9-21(22)37-26)6-19(32)27(15)38-25(16)12-3-4-17(30)20(7-12)35-2/h3-9,16,24-26,29-32,34H,10H2,1-2H3. The van der Waals surface area contributed by atoms with Crippen molar-refractivity contribution in [2.24, 2.45) is 0 Å². The zero-order valence-corrected chi connectivity index (χ0v) is 20.2. The van der Waals surface area contributed by atoms with Crippen LogP contribution in [0.2, 0.25) is 0 Å². The van der Waals surface area contributed by atoms with Crippen LogP contribution < -0.4 is 14.2 Å². The van der Waals surface area contributed by atoms with Gasteiger partial charge < -0.3 is 44.5 Å². The lowest BCUT2D eigenvalue weighted by Gasteiger charge is -2.30. The van der Waals surface area contributed by atoms with Crippen LogP contribution in [-0.4, -0.2) is 57.1 Å². The van der Waals surface area contributed by atoms with Gasteiger partial charge in [0.1, 0.15) is 35.5 Å². The van der Waals surface area contributed by atoms with E-state index in [0.717, 1.165) is 12.1 Å². The van der Waals surface area contributed by atoms with Gasteiger partial charge in [-0.3, -0.25) is 9.59 Å².